The van der Waals surface area contributed by atoms with Crippen LogP contribution in [0.4, 0.5) is 0 Å². The number of rotatable bonds is 9. The molecule has 112 valence electrons. The molecule has 0 amide bonds. The van der Waals surface area contributed by atoms with Crippen molar-refractivity contribution >= 4 is 17.9 Å². The lowest BCUT2D eigenvalue weighted by molar-refractivity contribution is -0.153. The molecule has 1 heterocycles. The van der Waals surface area contributed by atoms with Gasteiger partial charge < -0.3 is 9.47 Å². The van der Waals surface area contributed by atoms with Crippen molar-refractivity contribution in [2.75, 3.05) is 7.11 Å². The zero-order chi connectivity index (χ0) is 14.8. The van der Waals surface area contributed by atoms with Gasteiger partial charge in [-0.15, -0.1) is 0 Å². The van der Waals surface area contributed by atoms with E-state index in [1.807, 2.05) is 12.2 Å². The standard InChI is InChI=1S/C15H22O5/c1-19-13(16)10-8-6-4-2-3-5-7-9-12-11-14(17)20-15(12)18/h5,7,12H,2-4,6,8-11H2,1H3. The van der Waals surface area contributed by atoms with E-state index >= 15 is 0 Å². The van der Waals surface area contributed by atoms with Crippen LogP contribution in [0.5, 0.6) is 0 Å². The maximum absolute atomic E-state index is 11.2. The first kappa shape index (κ1) is 16.4. The maximum Gasteiger partial charge on any atom is 0.317 e. The highest BCUT2D eigenvalue weighted by atomic mass is 16.6. The molecule has 1 aliphatic rings. The summed E-state index contributed by atoms with van der Waals surface area (Å²) < 4.78 is 9.04. The summed E-state index contributed by atoms with van der Waals surface area (Å²) in [5.41, 5.74) is 0. The molecule has 0 spiro atoms. The van der Waals surface area contributed by atoms with E-state index in [4.69, 9.17) is 0 Å². The second kappa shape index (κ2) is 9.28. The highest BCUT2D eigenvalue weighted by Gasteiger charge is 2.31. The third kappa shape index (κ3) is 6.50. The van der Waals surface area contributed by atoms with E-state index in [1.54, 1.807) is 0 Å². The third-order valence-corrected chi connectivity index (χ3v) is 3.28. The van der Waals surface area contributed by atoms with E-state index in [9.17, 15) is 14.4 Å². The topological polar surface area (TPSA) is 69.7 Å². The van der Waals surface area contributed by atoms with Crippen LogP contribution in [0, 0.1) is 5.92 Å². The fourth-order valence-electron chi connectivity index (χ4n) is 2.07. The van der Waals surface area contributed by atoms with Crippen LogP contribution in [-0.2, 0) is 23.9 Å². The molecule has 0 aromatic rings. The minimum absolute atomic E-state index is 0.150. The zero-order valence-electron chi connectivity index (χ0n) is 11.9. The first-order chi connectivity index (χ1) is 9.63. The summed E-state index contributed by atoms with van der Waals surface area (Å²) in [6.45, 7) is 0. The highest BCUT2D eigenvalue weighted by molar-refractivity contribution is 5.94. The Morgan fingerprint density at radius 1 is 1.25 bits per heavy atom. The predicted molar refractivity (Wildman–Crippen MR) is 72.7 cm³/mol. The first-order valence-corrected chi connectivity index (χ1v) is 7.10. The SMILES string of the molecule is COC(=O)CCCCCCC=CCC1CC(=O)OC1=O. The number of methoxy groups -OCH3 is 1. The highest BCUT2D eigenvalue weighted by Crippen LogP contribution is 2.20. The summed E-state index contributed by atoms with van der Waals surface area (Å²) in [7, 11) is 1.40. The van der Waals surface area contributed by atoms with Crippen molar-refractivity contribution in [1.82, 2.24) is 0 Å². The molecule has 1 fully saturated rings. The molecule has 0 aromatic carbocycles. The van der Waals surface area contributed by atoms with Gasteiger partial charge in [0.1, 0.15) is 0 Å². The Balaban J connectivity index is 1.96. The van der Waals surface area contributed by atoms with Gasteiger partial charge in [0.05, 0.1) is 19.4 Å². The predicted octanol–water partition coefficient (Wildman–Crippen LogP) is 2.54. The quantitative estimate of drug-likeness (QED) is 0.281. The fraction of sp³-hybridized carbons (Fsp3) is 0.667. The summed E-state index contributed by atoms with van der Waals surface area (Å²) in [5.74, 6) is -1.26. The number of esters is 3. The summed E-state index contributed by atoms with van der Waals surface area (Å²) in [6, 6.07) is 0. The number of carbonyl (C=O) groups is 3. The van der Waals surface area contributed by atoms with Gasteiger partial charge >= 0.3 is 17.9 Å². The third-order valence-electron chi connectivity index (χ3n) is 3.28. The van der Waals surface area contributed by atoms with E-state index in [0.29, 0.717) is 12.8 Å². The van der Waals surface area contributed by atoms with Crippen LogP contribution in [0.15, 0.2) is 12.2 Å². The van der Waals surface area contributed by atoms with Crippen molar-refractivity contribution in [3.63, 3.8) is 0 Å². The average Bonchev–Trinajstić information content (AvgIpc) is 2.74. The van der Waals surface area contributed by atoms with Gasteiger partial charge in [-0.2, -0.15) is 0 Å². The maximum atomic E-state index is 11.2. The molecular weight excluding hydrogens is 260 g/mol. The number of ether oxygens (including phenoxy) is 2. The lowest BCUT2D eigenvalue weighted by Crippen LogP contribution is -2.05. The number of hydrogen-bond acceptors (Lipinski definition) is 5. The van der Waals surface area contributed by atoms with E-state index in [2.05, 4.69) is 9.47 Å². The Kier molecular flexibility index (Phi) is 7.62. The summed E-state index contributed by atoms with van der Waals surface area (Å²) >= 11 is 0. The Labute approximate surface area is 119 Å². The molecule has 1 saturated heterocycles. The Morgan fingerprint density at radius 3 is 2.65 bits per heavy atom. The van der Waals surface area contributed by atoms with Crippen molar-refractivity contribution in [3.8, 4) is 0 Å². The van der Waals surface area contributed by atoms with Crippen LogP contribution >= 0.6 is 0 Å². The summed E-state index contributed by atoms with van der Waals surface area (Å²) in [6.07, 6.45) is 10.2. The normalized spacial score (nSPS) is 18.6. The van der Waals surface area contributed by atoms with Crippen molar-refractivity contribution in [3.05, 3.63) is 12.2 Å². The molecule has 5 heteroatoms. The van der Waals surface area contributed by atoms with E-state index < -0.39 is 11.9 Å². The van der Waals surface area contributed by atoms with Gasteiger partial charge in [0.15, 0.2) is 0 Å². The molecule has 0 saturated carbocycles. The Morgan fingerprint density at radius 2 is 2.00 bits per heavy atom. The second-order valence-electron chi connectivity index (χ2n) is 4.93. The van der Waals surface area contributed by atoms with Gasteiger partial charge in [0, 0.05) is 6.42 Å². The molecule has 0 aliphatic carbocycles. The number of allylic oxidation sites excluding steroid dienone is 2. The number of unbranched alkanes of at least 4 members (excludes halogenated alkanes) is 4. The van der Waals surface area contributed by atoms with Crippen LogP contribution < -0.4 is 0 Å². The second-order valence-corrected chi connectivity index (χ2v) is 4.93. The lowest BCUT2D eigenvalue weighted by atomic mass is 10.0. The van der Waals surface area contributed by atoms with Crippen LogP contribution in [0.25, 0.3) is 0 Å². The monoisotopic (exact) mass is 282 g/mol. The van der Waals surface area contributed by atoms with Gasteiger partial charge in [-0.3, -0.25) is 14.4 Å². The van der Waals surface area contributed by atoms with Crippen LogP contribution in [0.2, 0.25) is 0 Å². The molecule has 0 N–H and O–H groups in total. The van der Waals surface area contributed by atoms with E-state index in [0.717, 1.165) is 32.1 Å². The molecule has 1 aliphatic heterocycles. The molecule has 1 atom stereocenters. The number of hydrogen-bond donors (Lipinski definition) is 0. The van der Waals surface area contributed by atoms with Gasteiger partial charge in [0.2, 0.25) is 0 Å². The number of carbonyl (C=O) groups excluding carboxylic acids is 3. The largest absolute Gasteiger partial charge is 0.469 e. The molecule has 0 radical (unpaired) electrons. The van der Waals surface area contributed by atoms with Crippen LogP contribution in [0.3, 0.4) is 0 Å². The van der Waals surface area contributed by atoms with E-state index in [-0.39, 0.29) is 18.3 Å². The summed E-state index contributed by atoms with van der Waals surface area (Å²) in [4.78, 5) is 32.9. The Bertz CT molecular complexity index is 372. The molecule has 5 nitrogen and oxygen atoms in total. The average molecular weight is 282 g/mol. The zero-order valence-corrected chi connectivity index (χ0v) is 11.9. The molecule has 0 aromatic heterocycles. The minimum atomic E-state index is -0.418. The van der Waals surface area contributed by atoms with Gasteiger partial charge in [-0.25, -0.2) is 0 Å². The van der Waals surface area contributed by atoms with Gasteiger partial charge in [-0.1, -0.05) is 25.0 Å². The Hall–Kier alpha value is -1.65. The van der Waals surface area contributed by atoms with Gasteiger partial charge in [-0.05, 0) is 25.7 Å². The van der Waals surface area contributed by atoms with Crippen molar-refractivity contribution < 1.29 is 23.9 Å². The molecule has 1 rings (SSSR count). The fourth-order valence-corrected chi connectivity index (χ4v) is 2.07. The molecule has 1 unspecified atom stereocenters. The lowest BCUT2D eigenvalue weighted by Gasteiger charge is -2.00. The van der Waals surface area contributed by atoms with Crippen molar-refractivity contribution in [1.29, 1.82) is 0 Å². The molecule has 0 bridgehead atoms. The van der Waals surface area contributed by atoms with Crippen molar-refractivity contribution in [2.24, 2.45) is 5.92 Å². The minimum Gasteiger partial charge on any atom is -0.469 e. The number of cyclic esters (lactones) is 2. The van der Waals surface area contributed by atoms with Crippen molar-refractivity contribution in [2.45, 2.75) is 51.4 Å². The summed E-state index contributed by atoms with van der Waals surface area (Å²) in [5, 5.41) is 0. The van der Waals surface area contributed by atoms with Crippen LogP contribution in [0.1, 0.15) is 51.4 Å². The first-order valence-electron chi connectivity index (χ1n) is 7.10. The van der Waals surface area contributed by atoms with Gasteiger partial charge in [0.25, 0.3) is 0 Å². The smallest absolute Gasteiger partial charge is 0.317 e. The van der Waals surface area contributed by atoms with Crippen LogP contribution in [-0.4, -0.2) is 25.0 Å². The molecular formula is C15H22O5. The molecule has 20 heavy (non-hydrogen) atoms. The van der Waals surface area contributed by atoms with E-state index in [1.165, 1.54) is 7.11 Å².